The van der Waals surface area contributed by atoms with Crippen molar-refractivity contribution in [3.05, 3.63) is 59.4 Å². The minimum absolute atomic E-state index is 0.112. The van der Waals surface area contributed by atoms with Crippen LogP contribution in [0.1, 0.15) is 58.9 Å². The van der Waals surface area contributed by atoms with E-state index in [0.717, 1.165) is 30.7 Å². The van der Waals surface area contributed by atoms with Crippen molar-refractivity contribution in [3.8, 4) is 5.75 Å². The molecule has 1 aromatic carbocycles. The number of alkyl halides is 6. The highest BCUT2D eigenvalue weighted by Gasteiger charge is 2.33. The van der Waals surface area contributed by atoms with Crippen molar-refractivity contribution < 1.29 is 45.5 Å². The topological polar surface area (TPSA) is 85.4 Å². The normalized spacial score (nSPS) is 20.1. The predicted molar refractivity (Wildman–Crippen MR) is 112 cm³/mol. The number of pyridine rings is 1. The van der Waals surface area contributed by atoms with Gasteiger partial charge in [0, 0.05) is 29.4 Å². The van der Waals surface area contributed by atoms with Crippen LogP contribution >= 0.6 is 0 Å². The summed E-state index contributed by atoms with van der Waals surface area (Å²) in [6, 6.07) is 5.50. The van der Waals surface area contributed by atoms with E-state index in [1.54, 1.807) is 0 Å². The second-order valence-electron chi connectivity index (χ2n) is 8.22. The highest BCUT2D eigenvalue weighted by Crippen LogP contribution is 2.34. The largest absolute Gasteiger partial charge is 0.573 e. The second-order valence-corrected chi connectivity index (χ2v) is 8.22. The van der Waals surface area contributed by atoms with Crippen LogP contribution in [-0.2, 0) is 11.0 Å². The lowest BCUT2D eigenvalue weighted by molar-refractivity contribution is -0.274. The summed E-state index contributed by atoms with van der Waals surface area (Å²) < 4.78 is 76.4. The molecule has 0 atom stereocenters. The molecule has 2 aromatic rings. The smallest absolute Gasteiger partial charge is 0.406 e. The van der Waals surface area contributed by atoms with Crippen LogP contribution in [0.3, 0.4) is 0 Å². The van der Waals surface area contributed by atoms with Gasteiger partial charge in [0.15, 0.2) is 0 Å². The minimum atomic E-state index is -4.72. The fourth-order valence-electron chi connectivity index (χ4n) is 3.31. The van der Waals surface area contributed by atoms with Gasteiger partial charge in [-0.15, -0.1) is 13.2 Å². The summed E-state index contributed by atoms with van der Waals surface area (Å²) in [4.78, 5) is 36.7. The van der Waals surface area contributed by atoms with Crippen LogP contribution in [0.4, 0.5) is 26.3 Å². The lowest BCUT2D eigenvalue weighted by Gasteiger charge is -2.33. The molecular formula is C23H22F6N2O4. The number of nitrogens with zero attached hydrogens (tertiary/aromatic N) is 1. The molecule has 0 unspecified atom stereocenters. The van der Waals surface area contributed by atoms with Gasteiger partial charge in [0.05, 0.1) is 11.1 Å². The number of rotatable bonds is 5. The van der Waals surface area contributed by atoms with Gasteiger partial charge in [-0.05, 0) is 43.9 Å². The standard InChI is InChI=1S/C15H17F3N2O2.C8H5F3O2/c1-14(9-21)4-2-12(3-5-14)20-13(22)10-6-11(8-19-7-10)15(16,17)18;9-8(10,11)13-7-3-1-2-6(4-7)5-12/h6-9,12H,2-5H2,1H3,(H,20,22);1-5H. The van der Waals surface area contributed by atoms with Crippen molar-refractivity contribution >= 4 is 18.5 Å². The molecule has 0 radical (unpaired) electrons. The van der Waals surface area contributed by atoms with Gasteiger partial charge in [0.2, 0.25) is 0 Å². The Kier molecular flexibility index (Phi) is 9.00. The van der Waals surface area contributed by atoms with E-state index >= 15 is 0 Å². The Bertz CT molecular complexity index is 1030. The van der Waals surface area contributed by atoms with E-state index < -0.39 is 29.8 Å². The first kappa shape index (κ1) is 27.8. The number of amides is 1. The van der Waals surface area contributed by atoms with E-state index in [4.69, 9.17) is 0 Å². The zero-order valence-electron chi connectivity index (χ0n) is 18.4. The van der Waals surface area contributed by atoms with E-state index in [-0.39, 0.29) is 22.6 Å². The SMILES string of the molecule is CC1(C=O)CCC(NC(=O)c2cncc(C(F)(F)F)c2)CC1.O=Cc1cccc(OC(F)(F)F)c1. The molecule has 0 aliphatic heterocycles. The number of ether oxygens (including phenoxy) is 1. The van der Waals surface area contributed by atoms with Crippen LogP contribution in [0.15, 0.2) is 42.7 Å². The lowest BCUT2D eigenvalue weighted by Crippen LogP contribution is -2.40. The molecule has 1 fully saturated rings. The monoisotopic (exact) mass is 504 g/mol. The molecule has 190 valence electrons. The third-order valence-electron chi connectivity index (χ3n) is 5.30. The summed E-state index contributed by atoms with van der Waals surface area (Å²) in [6.45, 7) is 1.87. The predicted octanol–water partition coefficient (Wildman–Crippen LogP) is 5.38. The first-order valence-electron chi connectivity index (χ1n) is 10.3. The Hall–Kier alpha value is -3.44. The number of aromatic nitrogens is 1. The van der Waals surface area contributed by atoms with Gasteiger partial charge >= 0.3 is 12.5 Å². The van der Waals surface area contributed by atoms with Gasteiger partial charge < -0.3 is 14.8 Å². The Morgan fingerprint density at radius 3 is 2.29 bits per heavy atom. The van der Waals surface area contributed by atoms with Crippen LogP contribution in [0.2, 0.25) is 0 Å². The van der Waals surface area contributed by atoms with E-state index in [1.165, 1.54) is 12.1 Å². The maximum atomic E-state index is 12.6. The molecule has 1 aromatic heterocycles. The molecule has 6 nitrogen and oxygen atoms in total. The van der Waals surface area contributed by atoms with Gasteiger partial charge in [0.25, 0.3) is 5.91 Å². The Morgan fingerprint density at radius 1 is 1.09 bits per heavy atom. The van der Waals surface area contributed by atoms with Crippen LogP contribution in [0, 0.1) is 5.41 Å². The van der Waals surface area contributed by atoms with Gasteiger partial charge in [0.1, 0.15) is 18.3 Å². The van der Waals surface area contributed by atoms with Crippen molar-refractivity contribution in [1.29, 1.82) is 0 Å². The molecule has 12 heteroatoms. The van der Waals surface area contributed by atoms with Gasteiger partial charge in [-0.25, -0.2) is 0 Å². The van der Waals surface area contributed by atoms with Crippen molar-refractivity contribution in [1.82, 2.24) is 10.3 Å². The third-order valence-corrected chi connectivity index (χ3v) is 5.30. The van der Waals surface area contributed by atoms with Crippen molar-refractivity contribution in [2.45, 2.75) is 51.2 Å². The summed E-state index contributed by atoms with van der Waals surface area (Å²) in [7, 11) is 0. The van der Waals surface area contributed by atoms with Crippen LogP contribution in [0.5, 0.6) is 5.75 Å². The fraction of sp³-hybridized carbons (Fsp3) is 0.391. The summed E-state index contributed by atoms with van der Waals surface area (Å²) in [5, 5.41) is 2.71. The number of carbonyl (C=O) groups excluding carboxylic acids is 3. The molecule has 1 N–H and O–H groups in total. The molecule has 35 heavy (non-hydrogen) atoms. The number of benzene rings is 1. The number of hydrogen-bond acceptors (Lipinski definition) is 5. The fourth-order valence-corrected chi connectivity index (χ4v) is 3.31. The van der Waals surface area contributed by atoms with E-state index in [2.05, 4.69) is 15.0 Å². The minimum Gasteiger partial charge on any atom is -0.406 e. The number of halogens is 6. The average Bonchev–Trinajstić information content (AvgIpc) is 2.79. The average molecular weight is 504 g/mol. The van der Waals surface area contributed by atoms with Crippen molar-refractivity contribution in [3.63, 3.8) is 0 Å². The van der Waals surface area contributed by atoms with Crippen LogP contribution < -0.4 is 10.1 Å². The van der Waals surface area contributed by atoms with E-state index in [0.29, 0.717) is 38.2 Å². The second kappa shape index (κ2) is 11.3. The van der Waals surface area contributed by atoms with Gasteiger partial charge in [-0.2, -0.15) is 13.2 Å². The van der Waals surface area contributed by atoms with Gasteiger partial charge in [-0.1, -0.05) is 19.1 Å². The first-order valence-corrected chi connectivity index (χ1v) is 10.3. The number of carbonyl (C=O) groups is 3. The van der Waals surface area contributed by atoms with Crippen LogP contribution in [-0.4, -0.2) is 35.9 Å². The zero-order valence-corrected chi connectivity index (χ0v) is 18.4. The number of nitrogens with one attached hydrogen (secondary N) is 1. The summed E-state index contributed by atoms with van der Waals surface area (Å²) in [5.74, 6) is -0.963. The molecule has 0 saturated heterocycles. The summed E-state index contributed by atoms with van der Waals surface area (Å²) >= 11 is 0. The molecule has 1 heterocycles. The highest BCUT2D eigenvalue weighted by molar-refractivity contribution is 5.94. The molecular weight excluding hydrogens is 482 g/mol. The van der Waals surface area contributed by atoms with Crippen LogP contribution in [0.25, 0.3) is 0 Å². The quantitative estimate of drug-likeness (QED) is 0.437. The molecule has 1 aliphatic carbocycles. The van der Waals surface area contributed by atoms with Crippen molar-refractivity contribution in [2.75, 3.05) is 0 Å². The number of aldehydes is 2. The summed E-state index contributed by atoms with van der Waals surface area (Å²) in [6.07, 6.45) is -3.49. The van der Waals surface area contributed by atoms with E-state index in [9.17, 15) is 40.7 Å². The Labute approximate surface area is 196 Å². The summed E-state index contributed by atoms with van der Waals surface area (Å²) in [5.41, 5.74) is -1.28. The molecule has 1 aliphatic rings. The highest BCUT2D eigenvalue weighted by atomic mass is 19.4. The Morgan fingerprint density at radius 2 is 1.74 bits per heavy atom. The lowest BCUT2D eigenvalue weighted by atomic mass is 9.75. The van der Waals surface area contributed by atoms with E-state index in [1.807, 2.05) is 6.92 Å². The molecule has 0 bridgehead atoms. The van der Waals surface area contributed by atoms with Crippen molar-refractivity contribution in [2.24, 2.45) is 5.41 Å². The maximum absolute atomic E-state index is 12.6. The third kappa shape index (κ3) is 9.02. The Balaban J connectivity index is 0.000000283. The molecule has 3 rings (SSSR count). The maximum Gasteiger partial charge on any atom is 0.573 e. The molecule has 0 spiro atoms. The zero-order chi connectivity index (χ0) is 26.3. The molecule has 1 saturated carbocycles. The number of hydrogen-bond donors (Lipinski definition) is 1. The first-order chi connectivity index (χ1) is 16.2. The van der Waals surface area contributed by atoms with Gasteiger partial charge in [-0.3, -0.25) is 14.6 Å². The molecule has 1 amide bonds.